The number of carboxylic acid groups (broad SMARTS) is 1. The van der Waals surface area contributed by atoms with Crippen molar-refractivity contribution in [1.82, 2.24) is 15.3 Å². The minimum Gasteiger partial charge on any atom is -0.481 e. The number of aromatic nitrogens is 2. The summed E-state index contributed by atoms with van der Waals surface area (Å²) < 4.78 is 13.5. The quantitative estimate of drug-likeness (QED) is 0.259. The van der Waals surface area contributed by atoms with Gasteiger partial charge in [-0.05, 0) is 86.3 Å². The van der Waals surface area contributed by atoms with E-state index >= 15 is 0 Å². The highest BCUT2D eigenvalue weighted by atomic mass is 35.5. The first-order chi connectivity index (χ1) is 17.7. The monoisotopic (exact) mass is 519 g/mol. The van der Waals surface area contributed by atoms with Crippen LogP contribution in [0.1, 0.15) is 54.3 Å². The number of benzene rings is 3. The average molecular weight is 520 g/mol. The molecule has 0 unspecified atom stereocenters. The molecule has 0 radical (unpaired) electrons. The number of fused-ring (bicyclic) bond motifs is 1. The normalized spacial score (nSPS) is 12.8. The van der Waals surface area contributed by atoms with Gasteiger partial charge in [0.15, 0.2) is 0 Å². The molecule has 1 aromatic heterocycles. The lowest BCUT2D eigenvalue weighted by Gasteiger charge is -2.15. The van der Waals surface area contributed by atoms with Crippen molar-refractivity contribution in [2.75, 3.05) is 0 Å². The topological polar surface area (TPSA) is 92.2 Å². The maximum absolute atomic E-state index is 13.5. The van der Waals surface area contributed by atoms with E-state index in [1.54, 1.807) is 49.4 Å². The molecule has 37 heavy (non-hydrogen) atoms. The predicted octanol–water partition coefficient (Wildman–Crippen LogP) is 6.62. The molecule has 0 aliphatic carbocycles. The Hall–Kier alpha value is -3.84. The summed E-state index contributed by atoms with van der Waals surface area (Å²) in [6, 6.07) is 18.2. The minimum absolute atomic E-state index is 0.223. The molecular weight excluding hydrogens is 493 g/mol. The Morgan fingerprint density at radius 2 is 1.68 bits per heavy atom. The molecule has 1 amide bonds. The van der Waals surface area contributed by atoms with E-state index in [1.165, 1.54) is 12.1 Å². The van der Waals surface area contributed by atoms with Crippen molar-refractivity contribution in [3.8, 4) is 11.3 Å². The summed E-state index contributed by atoms with van der Waals surface area (Å²) in [4.78, 5) is 33.8. The zero-order valence-corrected chi connectivity index (χ0v) is 21.3. The fraction of sp³-hybridized carbons (Fsp3) is 0.241. The molecule has 0 aliphatic heterocycles. The number of halogens is 2. The van der Waals surface area contributed by atoms with Gasteiger partial charge in [0, 0.05) is 16.1 Å². The number of carboxylic acids is 1. The van der Waals surface area contributed by atoms with E-state index < -0.39 is 11.9 Å². The highest BCUT2D eigenvalue weighted by molar-refractivity contribution is 6.30. The lowest BCUT2D eigenvalue weighted by atomic mass is 10.0. The number of carbonyl (C=O) groups excluding carboxylic acids is 1. The smallest absolute Gasteiger partial charge is 0.306 e. The summed E-state index contributed by atoms with van der Waals surface area (Å²) in [6.45, 7) is 3.57. The van der Waals surface area contributed by atoms with Crippen LogP contribution in [0.2, 0.25) is 5.02 Å². The van der Waals surface area contributed by atoms with Crippen LogP contribution in [0.25, 0.3) is 22.3 Å². The lowest BCUT2D eigenvalue weighted by Crippen LogP contribution is -2.26. The molecule has 0 spiro atoms. The Morgan fingerprint density at radius 3 is 2.35 bits per heavy atom. The van der Waals surface area contributed by atoms with Crippen LogP contribution in [0.5, 0.6) is 0 Å². The molecule has 0 aliphatic rings. The molecule has 6 nitrogen and oxygen atoms in total. The number of carbonyl (C=O) groups is 2. The number of nitrogens with zero attached hydrogens (tertiary/aromatic N) is 2. The number of hydrogen-bond acceptors (Lipinski definition) is 4. The lowest BCUT2D eigenvalue weighted by molar-refractivity contribution is -0.141. The van der Waals surface area contributed by atoms with Crippen molar-refractivity contribution < 1.29 is 19.1 Å². The van der Waals surface area contributed by atoms with Crippen molar-refractivity contribution >= 4 is 34.5 Å². The molecule has 4 rings (SSSR count). The Balaban J connectivity index is 1.63. The molecule has 0 saturated carbocycles. The maximum Gasteiger partial charge on any atom is 0.306 e. The molecule has 1 heterocycles. The van der Waals surface area contributed by atoms with E-state index in [9.17, 15) is 19.1 Å². The number of hydrogen-bond donors (Lipinski definition) is 2. The largest absolute Gasteiger partial charge is 0.481 e. The molecule has 8 heteroatoms. The van der Waals surface area contributed by atoms with Crippen LogP contribution in [-0.2, 0) is 11.2 Å². The number of aryl methyl sites for hydroxylation is 1. The van der Waals surface area contributed by atoms with E-state index in [0.717, 1.165) is 11.1 Å². The van der Waals surface area contributed by atoms with Crippen LogP contribution < -0.4 is 5.32 Å². The van der Waals surface area contributed by atoms with Crippen LogP contribution in [-0.4, -0.2) is 27.0 Å². The van der Waals surface area contributed by atoms with Gasteiger partial charge in [-0.15, -0.1) is 0 Å². The summed E-state index contributed by atoms with van der Waals surface area (Å²) in [6.07, 6.45) is 1.58. The highest BCUT2D eigenvalue weighted by Crippen LogP contribution is 2.26. The Bertz CT molecular complexity index is 1430. The molecule has 0 bridgehead atoms. The SMILES string of the molecule is C[C@@H](CCCc1nc2cc(C(=O)N[C@H](C)c3ccc(Cl)cc3)ccc2nc1-c1ccc(F)cc1)C(=O)O. The third-order valence-corrected chi connectivity index (χ3v) is 6.56. The van der Waals surface area contributed by atoms with Crippen LogP contribution in [0, 0.1) is 11.7 Å². The van der Waals surface area contributed by atoms with Crippen LogP contribution in [0.3, 0.4) is 0 Å². The van der Waals surface area contributed by atoms with Gasteiger partial charge in [-0.2, -0.15) is 0 Å². The molecule has 2 atom stereocenters. The second kappa shape index (κ2) is 11.5. The van der Waals surface area contributed by atoms with Gasteiger partial charge >= 0.3 is 5.97 Å². The molecule has 0 fully saturated rings. The fourth-order valence-electron chi connectivity index (χ4n) is 4.06. The van der Waals surface area contributed by atoms with E-state index in [2.05, 4.69) is 5.32 Å². The van der Waals surface area contributed by atoms with Crippen molar-refractivity contribution in [3.63, 3.8) is 0 Å². The molecule has 4 aromatic rings. The van der Waals surface area contributed by atoms with Gasteiger partial charge in [0.25, 0.3) is 5.91 Å². The van der Waals surface area contributed by atoms with E-state index in [-0.39, 0.29) is 17.8 Å². The van der Waals surface area contributed by atoms with E-state index in [4.69, 9.17) is 21.6 Å². The van der Waals surface area contributed by atoms with E-state index in [1.807, 2.05) is 19.1 Å². The molecule has 3 aromatic carbocycles. The third-order valence-electron chi connectivity index (χ3n) is 6.31. The number of amides is 1. The van der Waals surface area contributed by atoms with Crippen molar-refractivity contribution in [2.24, 2.45) is 5.92 Å². The van der Waals surface area contributed by atoms with Gasteiger partial charge in [0.2, 0.25) is 0 Å². The number of nitrogens with one attached hydrogen (secondary N) is 1. The molecule has 2 N–H and O–H groups in total. The third kappa shape index (κ3) is 6.49. The number of rotatable bonds is 9. The number of aliphatic carboxylic acids is 1. The van der Waals surface area contributed by atoms with Gasteiger partial charge in [0.05, 0.1) is 34.4 Å². The summed E-state index contributed by atoms with van der Waals surface area (Å²) in [5.74, 6) is -1.91. The standard InChI is InChI=1S/C29H27ClFN3O3/c1-17(29(36)37)4-3-5-25-27(20-8-13-23(31)14-9-20)34-24-15-10-21(16-26(24)33-25)28(35)32-18(2)19-6-11-22(30)12-7-19/h6-18H,3-5H2,1-2H3,(H,32,35)(H,36,37)/t17-,18+/m0/s1. The Kier molecular flexibility index (Phi) is 8.14. The van der Waals surface area contributed by atoms with Crippen LogP contribution in [0.15, 0.2) is 66.7 Å². The first-order valence-electron chi connectivity index (χ1n) is 12.1. The van der Waals surface area contributed by atoms with Crippen molar-refractivity contribution in [2.45, 2.75) is 39.2 Å². The summed E-state index contributed by atoms with van der Waals surface area (Å²) >= 11 is 5.96. The van der Waals surface area contributed by atoms with Gasteiger partial charge in [-0.3, -0.25) is 9.59 Å². The van der Waals surface area contributed by atoms with Crippen molar-refractivity contribution in [3.05, 3.63) is 94.4 Å². The highest BCUT2D eigenvalue weighted by Gasteiger charge is 2.17. The minimum atomic E-state index is -0.841. The van der Waals surface area contributed by atoms with Gasteiger partial charge in [-0.1, -0.05) is 30.7 Å². The second-order valence-electron chi connectivity index (χ2n) is 9.11. The van der Waals surface area contributed by atoms with Crippen LogP contribution >= 0.6 is 11.6 Å². The average Bonchev–Trinajstić information content (AvgIpc) is 2.88. The fourth-order valence-corrected chi connectivity index (χ4v) is 4.19. The predicted molar refractivity (Wildman–Crippen MR) is 142 cm³/mol. The molecule has 190 valence electrons. The first kappa shape index (κ1) is 26.2. The van der Waals surface area contributed by atoms with Crippen LogP contribution in [0.4, 0.5) is 4.39 Å². The molecule has 0 saturated heterocycles. The van der Waals surface area contributed by atoms with Gasteiger partial charge in [-0.25, -0.2) is 14.4 Å². The molecular formula is C29H27ClFN3O3. The van der Waals surface area contributed by atoms with E-state index in [0.29, 0.717) is 52.3 Å². The first-order valence-corrected chi connectivity index (χ1v) is 12.4. The summed E-state index contributed by atoms with van der Waals surface area (Å²) in [7, 11) is 0. The second-order valence-corrected chi connectivity index (χ2v) is 9.54. The summed E-state index contributed by atoms with van der Waals surface area (Å²) in [5.41, 5.74) is 4.54. The van der Waals surface area contributed by atoms with Gasteiger partial charge in [0.1, 0.15) is 5.82 Å². The Morgan fingerprint density at radius 1 is 0.973 bits per heavy atom. The van der Waals surface area contributed by atoms with Gasteiger partial charge < -0.3 is 10.4 Å². The Labute approximate surface area is 219 Å². The summed E-state index contributed by atoms with van der Waals surface area (Å²) in [5, 5.41) is 12.8. The zero-order valence-electron chi connectivity index (χ0n) is 20.5. The maximum atomic E-state index is 13.5. The zero-order chi connectivity index (χ0) is 26.5. The van der Waals surface area contributed by atoms with Crippen molar-refractivity contribution in [1.29, 1.82) is 0 Å².